The lowest BCUT2D eigenvalue weighted by atomic mass is 10.0. The molecule has 0 N–H and O–H groups in total. The lowest BCUT2D eigenvalue weighted by molar-refractivity contribution is 0.592. The SMILES string of the molecule is O=P1(c2ccccc2)c2ccccc2-c2cc(-c3nc(-c4ccc5c(c4)-c4ccccc4P5(=O)c4ccccc4)nc(-n4c5ncccc5c5cccnc54)n3)ccc21. The van der Waals surface area contributed by atoms with Crippen LogP contribution in [0.25, 0.3) is 73.0 Å². The molecule has 0 amide bonds. The molecule has 2 aliphatic heterocycles. The number of hydrogen-bond acceptors (Lipinski definition) is 7. The molecule has 0 bridgehead atoms. The molecule has 0 saturated carbocycles. The van der Waals surface area contributed by atoms with Gasteiger partial charge >= 0.3 is 0 Å². The molecule has 0 spiro atoms. The Morgan fingerprint density at radius 1 is 0.390 bits per heavy atom. The van der Waals surface area contributed by atoms with E-state index in [4.69, 9.17) is 24.9 Å². The number of hydrogen-bond donors (Lipinski definition) is 0. The molecule has 2 unspecified atom stereocenters. The van der Waals surface area contributed by atoms with E-state index in [1.54, 1.807) is 12.4 Å². The van der Waals surface area contributed by atoms with Crippen LogP contribution in [0.3, 0.4) is 0 Å². The smallest absolute Gasteiger partial charge is 0.241 e. The minimum Gasteiger partial charge on any atom is -0.309 e. The molecule has 59 heavy (non-hydrogen) atoms. The maximum atomic E-state index is 15.2. The van der Waals surface area contributed by atoms with E-state index in [0.29, 0.717) is 28.9 Å². The van der Waals surface area contributed by atoms with Crippen LogP contribution in [-0.4, -0.2) is 29.5 Å². The summed E-state index contributed by atoms with van der Waals surface area (Å²) in [6, 6.07) is 55.2. The zero-order valence-corrected chi connectivity index (χ0v) is 33.0. The highest BCUT2D eigenvalue weighted by atomic mass is 31.2. The van der Waals surface area contributed by atoms with Gasteiger partial charge in [-0.15, -0.1) is 0 Å². The molecule has 2 aliphatic rings. The molecular formula is C49H30N6O2P2. The van der Waals surface area contributed by atoms with Crippen LogP contribution in [0, 0.1) is 0 Å². The Balaban J connectivity index is 1.10. The first kappa shape index (κ1) is 34.0. The lowest BCUT2D eigenvalue weighted by Crippen LogP contribution is -2.20. The second kappa shape index (κ2) is 12.7. The van der Waals surface area contributed by atoms with Crippen molar-refractivity contribution in [3.63, 3.8) is 0 Å². The van der Waals surface area contributed by atoms with Crippen LogP contribution >= 0.6 is 14.3 Å². The maximum absolute atomic E-state index is 15.2. The summed E-state index contributed by atoms with van der Waals surface area (Å²) in [7, 11) is -6.28. The van der Waals surface area contributed by atoms with Gasteiger partial charge in [0.25, 0.3) is 0 Å². The summed E-state index contributed by atoms with van der Waals surface area (Å²) >= 11 is 0. The van der Waals surface area contributed by atoms with E-state index in [2.05, 4.69) is 12.1 Å². The van der Waals surface area contributed by atoms with Crippen LogP contribution in [-0.2, 0) is 9.13 Å². The van der Waals surface area contributed by atoms with Crippen molar-refractivity contribution in [1.29, 1.82) is 0 Å². The van der Waals surface area contributed by atoms with E-state index in [0.717, 1.165) is 76.0 Å². The lowest BCUT2D eigenvalue weighted by Gasteiger charge is -2.16. The van der Waals surface area contributed by atoms with Crippen molar-refractivity contribution >= 4 is 68.2 Å². The third-order valence-electron chi connectivity index (χ3n) is 11.6. The van der Waals surface area contributed by atoms with E-state index in [9.17, 15) is 0 Å². The van der Waals surface area contributed by atoms with Gasteiger partial charge in [0, 0.05) is 66.1 Å². The van der Waals surface area contributed by atoms with Crippen molar-refractivity contribution in [2.45, 2.75) is 0 Å². The van der Waals surface area contributed by atoms with Gasteiger partial charge in [-0.3, -0.25) is 0 Å². The third kappa shape index (κ3) is 4.82. The van der Waals surface area contributed by atoms with E-state index in [1.165, 1.54) is 0 Å². The third-order valence-corrected chi connectivity index (χ3v) is 17.9. The molecule has 278 valence electrons. The topological polar surface area (TPSA) is 104 Å². The van der Waals surface area contributed by atoms with Gasteiger partial charge in [-0.05, 0) is 70.8 Å². The number of nitrogens with zero attached hydrogens (tertiary/aromatic N) is 6. The van der Waals surface area contributed by atoms with Gasteiger partial charge in [0.15, 0.2) is 25.9 Å². The fourth-order valence-corrected chi connectivity index (χ4v) is 15.1. The molecular weight excluding hydrogens is 767 g/mol. The van der Waals surface area contributed by atoms with Crippen LogP contribution < -0.4 is 31.8 Å². The van der Waals surface area contributed by atoms with Crippen molar-refractivity contribution in [1.82, 2.24) is 29.5 Å². The molecule has 6 heterocycles. The normalized spacial score (nSPS) is 17.4. The van der Waals surface area contributed by atoms with Crippen molar-refractivity contribution in [2.24, 2.45) is 0 Å². The van der Waals surface area contributed by atoms with Gasteiger partial charge in [0.2, 0.25) is 5.95 Å². The minimum atomic E-state index is -3.14. The van der Waals surface area contributed by atoms with Gasteiger partial charge in [0.1, 0.15) is 11.3 Å². The van der Waals surface area contributed by atoms with Gasteiger partial charge < -0.3 is 9.13 Å². The average Bonchev–Trinajstić information content (AvgIpc) is 3.88. The van der Waals surface area contributed by atoms with E-state index >= 15 is 9.13 Å². The second-order valence-corrected chi connectivity index (χ2v) is 20.2. The Bertz CT molecular complexity index is 3250. The summed E-state index contributed by atoms with van der Waals surface area (Å²) in [6.45, 7) is 0. The summed E-state index contributed by atoms with van der Waals surface area (Å²) in [6.07, 6.45) is 3.51. The number of fused-ring (bicyclic) bond motifs is 9. The number of benzene rings is 6. The maximum Gasteiger partial charge on any atom is 0.241 e. The van der Waals surface area contributed by atoms with Crippen molar-refractivity contribution in [3.05, 3.63) is 182 Å². The first-order valence-corrected chi connectivity index (χ1v) is 22.7. The molecule has 12 rings (SSSR count). The molecule has 10 aromatic rings. The summed E-state index contributed by atoms with van der Waals surface area (Å²) in [5, 5.41) is 6.67. The highest BCUT2D eigenvalue weighted by Crippen LogP contribution is 2.54. The predicted molar refractivity (Wildman–Crippen MR) is 237 cm³/mol. The van der Waals surface area contributed by atoms with Crippen molar-refractivity contribution in [3.8, 4) is 51.0 Å². The van der Waals surface area contributed by atoms with E-state index in [1.807, 2.05) is 162 Å². The first-order chi connectivity index (χ1) is 29.0. The minimum absolute atomic E-state index is 0.356. The van der Waals surface area contributed by atoms with Crippen LogP contribution in [0.5, 0.6) is 0 Å². The zero-order chi connectivity index (χ0) is 39.3. The molecule has 6 aromatic carbocycles. The molecule has 2 atom stereocenters. The van der Waals surface area contributed by atoms with Gasteiger partial charge in [-0.25, -0.2) is 19.5 Å². The van der Waals surface area contributed by atoms with Gasteiger partial charge in [-0.1, -0.05) is 121 Å². The van der Waals surface area contributed by atoms with Gasteiger partial charge in [0.05, 0.1) is 0 Å². The zero-order valence-electron chi connectivity index (χ0n) is 31.2. The van der Waals surface area contributed by atoms with E-state index in [-0.39, 0.29) is 0 Å². The fraction of sp³-hybridized carbons (Fsp3) is 0. The molecule has 0 fully saturated rings. The molecule has 0 aliphatic carbocycles. The Hall–Kier alpha value is -7.11. The number of aromatic nitrogens is 6. The predicted octanol–water partition coefficient (Wildman–Crippen LogP) is 8.33. The molecule has 8 nitrogen and oxygen atoms in total. The summed E-state index contributed by atoms with van der Waals surface area (Å²) in [5.74, 6) is 1.22. The average molecular weight is 797 g/mol. The first-order valence-electron chi connectivity index (χ1n) is 19.3. The van der Waals surface area contributed by atoms with E-state index < -0.39 is 14.3 Å². The van der Waals surface area contributed by atoms with Crippen molar-refractivity contribution < 1.29 is 9.13 Å². The quantitative estimate of drug-likeness (QED) is 0.162. The largest absolute Gasteiger partial charge is 0.309 e. The van der Waals surface area contributed by atoms with Crippen LogP contribution in [0.15, 0.2) is 182 Å². The summed E-state index contributed by atoms with van der Waals surface area (Å²) in [5.41, 5.74) is 6.47. The molecule has 4 aromatic heterocycles. The van der Waals surface area contributed by atoms with Crippen LogP contribution in [0.4, 0.5) is 0 Å². The molecule has 10 heteroatoms. The Kier molecular flexibility index (Phi) is 7.31. The monoisotopic (exact) mass is 796 g/mol. The number of pyridine rings is 2. The molecule has 0 saturated heterocycles. The Labute approximate surface area is 338 Å². The van der Waals surface area contributed by atoms with Gasteiger partial charge in [-0.2, -0.15) is 9.97 Å². The summed E-state index contributed by atoms with van der Waals surface area (Å²) in [4.78, 5) is 25.1. The van der Waals surface area contributed by atoms with Crippen molar-refractivity contribution in [2.75, 3.05) is 0 Å². The fourth-order valence-electron chi connectivity index (χ4n) is 8.96. The van der Waals surface area contributed by atoms with Crippen LogP contribution in [0.1, 0.15) is 0 Å². The van der Waals surface area contributed by atoms with Crippen LogP contribution in [0.2, 0.25) is 0 Å². The Morgan fingerprint density at radius 3 is 1.29 bits per heavy atom. The highest BCUT2D eigenvalue weighted by molar-refractivity contribution is 7.87. The standard InChI is InChI=1S/C49H30N6O2P2/c56-58(33-13-3-1-4-14-33)41-21-9-7-17-35(41)39-29-31(23-25-43(39)58)45-52-46(54-49(53-45)55-47-37(19-11-27-50-47)38-20-12-28-51-48(38)55)32-24-26-44-40(30-32)36-18-8-10-22-42(36)59(44,57)34-15-5-2-6-16-34/h1-30H. The summed E-state index contributed by atoms with van der Waals surface area (Å²) < 4.78 is 32.4. The number of rotatable bonds is 5. The second-order valence-electron chi connectivity index (χ2n) is 14.8. The highest BCUT2D eigenvalue weighted by Gasteiger charge is 2.41. The molecule has 0 radical (unpaired) electrons. The Morgan fingerprint density at radius 2 is 0.814 bits per heavy atom.